The SMILES string of the molecule is Cc1cc(C(C)(C)c2ccc(OC(C)(C)C(C)(C)C)c(C)c2)ccc1OC(=O)C(C)(C)C(C)(C)Oc1ccc(C2(c3ccc(OC(C)(C)C(C)(C)C)cc3)CC(C)CC(C)(C)C2)cc1. The molecule has 0 heterocycles. The highest BCUT2D eigenvalue weighted by molar-refractivity contribution is 5.80. The number of benzene rings is 4. The molecule has 350 valence electrons. The molecule has 5 rings (SSSR count). The van der Waals surface area contributed by atoms with Gasteiger partial charge < -0.3 is 18.9 Å². The summed E-state index contributed by atoms with van der Waals surface area (Å²) >= 11 is 0. The summed E-state index contributed by atoms with van der Waals surface area (Å²) in [7, 11) is 0. The third-order valence-electron chi connectivity index (χ3n) is 15.9. The van der Waals surface area contributed by atoms with Gasteiger partial charge in [-0.3, -0.25) is 4.79 Å². The predicted octanol–water partition coefficient (Wildman–Crippen LogP) is 16.0. The molecule has 2 atom stereocenters. The fraction of sp³-hybridized carbons (Fsp3) is 0.576. The molecule has 4 aromatic rings. The minimum Gasteiger partial charge on any atom is -0.487 e. The molecule has 5 nitrogen and oxygen atoms in total. The summed E-state index contributed by atoms with van der Waals surface area (Å²) in [6.45, 7) is 45.4. The Morgan fingerprint density at radius 2 is 0.938 bits per heavy atom. The quantitative estimate of drug-likeness (QED) is 0.0989. The number of esters is 1. The molecule has 0 spiro atoms. The van der Waals surface area contributed by atoms with Crippen LogP contribution in [0.2, 0.25) is 0 Å². The van der Waals surface area contributed by atoms with Gasteiger partial charge in [-0.05, 0) is 170 Å². The Balaban J connectivity index is 1.33. The maximum Gasteiger partial charge on any atom is 0.320 e. The first-order valence-electron chi connectivity index (χ1n) is 23.8. The lowest BCUT2D eigenvalue weighted by Crippen LogP contribution is -2.51. The van der Waals surface area contributed by atoms with E-state index in [2.05, 4.69) is 190 Å². The van der Waals surface area contributed by atoms with Crippen molar-refractivity contribution in [1.82, 2.24) is 0 Å². The van der Waals surface area contributed by atoms with Gasteiger partial charge in [-0.1, -0.05) is 125 Å². The van der Waals surface area contributed by atoms with Gasteiger partial charge in [-0.25, -0.2) is 0 Å². The molecule has 1 aliphatic rings. The van der Waals surface area contributed by atoms with Gasteiger partial charge in [0, 0.05) is 21.7 Å². The van der Waals surface area contributed by atoms with E-state index in [1.54, 1.807) is 0 Å². The summed E-state index contributed by atoms with van der Waals surface area (Å²) in [5, 5.41) is 0. The van der Waals surface area contributed by atoms with Gasteiger partial charge in [0.05, 0.1) is 0 Å². The van der Waals surface area contributed by atoms with Crippen LogP contribution in [-0.2, 0) is 15.6 Å². The van der Waals surface area contributed by atoms with Crippen LogP contribution in [0.25, 0.3) is 0 Å². The van der Waals surface area contributed by atoms with E-state index in [0.29, 0.717) is 11.7 Å². The van der Waals surface area contributed by atoms with Crippen LogP contribution in [0.3, 0.4) is 0 Å². The fourth-order valence-electron chi connectivity index (χ4n) is 9.11. The Morgan fingerprint density at radius 1 is 0.531 bits per heavy atom. The first-order chi connectivity index (χ1) is 29.0. The average molecular weight is 873 g/mol. The minimum atomic E-state index is -0.992. The van der Waals surface area contributed by atoms with E-state index < -0.39 is 11.0 Å². The van der Waals surface area contributed by atoms with Gasteiger partial charge in [-0.15, -0.1) is 0 Å². The topological polar surface area (TPSA) is 54.0 Å². The molecule has 0 bridgehead atoms. The van der Waals surface area contributed by atoms with Crippen molar-refractivity contribution in [3.63, 3.8) is 0 Å². The highest BCUT2D eigenvalue weighted by Crippen LogP contribution is 2.54. The van der Waals surface area contributed by atoms with Crippen LogP contribution in [0.4, 0.5) is 0 Å². The van der Waals surface area contributed by atoms with Gasteiger partial charge in [0.1, 0.15) is 45.2 Å². The zero-order chi connectivity index (χ0) is 48.3. The second-order valence-corrected chi connectivity index (χ2v) is 24.9. The predicted molar refractivity (Wildman–Crippen MR) is 267 cm³/mol. The van der Waals surface area contributed by atoms with Crippen LogP contribution in [0, 0.1) is 41.4 Å². The first-order valence-corrected chi connectivity index (χ1v) is 23.8. The van der Waals surface area contributed by atoms with Crippen LogP contribution in [0.1, 0.15) is 184 Å². The van der Waals surface area contributed by atoms with E-state index in [1.807, 2.05) is 40.7 Å². The summed E-state index contributed by atoms with van der Waals surface area (Å²) in [5.41, 5.74) is 4.07. The summed E-state index contributed by atoms with van der Waals surface area (Å²) in [5.74, 6) is 3.28. The molecular formula is C59H84O5. The monoisotopic (exact) mass is 873 g/mol. The van der Waals surface area contributed by atoms with Crippen molar-refractivity contribution >= 4 is 5.97 Å². The summed E-state index contributed by atoms with van der Waals surface area (Å²) in [6.07, 6.45) is 3.30. The highest BCUT2D eigenvalue weighted by atomic mass is 16.5. The molecule has 0 aromatic heterocycles. The molecular weight excluding hydrogens is 789 g/mol. The van der Waals surface area contributed by atoms with Crippen LogP contribution in [-0.4, -0.2) is 22.8 Å². The van der Waals surface area contributed by atoms with E-state index in [9.17, 15) is 4.79 Å². The number of hydrogen-bond acceptors (Lipinski definition) is 5. The maximum atomic E-state index is 14.1. The van der Waals surface area contributed by atoms with Crippen molar-refractivity contribution in [1.29, 1.82) is 0 Å². The maximum absolute atomic E-state index is 14.1. The Kier molecular flexibility index (Phi) is 13.6. The van der Waals surface area contributed by atoms with E-state index in [1.165, 1.54) is 23.1 Å². The van der Waals surface area contributed by atoms with Gasteiger partial charge >= 0.3 is 5.97 Å². The third kappa shape index (κ3) is 10.4. The molecule has 0 aliphatic heterocycles. The zero-order valence-corrected chi connectivity index (χ0v) is 43.8. The molecule has 1 aliphatic carbocycles. The van der Waals surface area contributed by atoms with Crippen molar-refractivity contribution < 1.29 is 23.7 Å². The van der Waals surface area contributed by atoms with Gasteiger partial charge in [0.2, 0.25) is 0 Å². The smallest absolute Gasteiger partial charge is 0.320 e. The van der Waals surface area contributed by atoms with Crippen molar-refractivity contribution in [2.45, 2.75) is 192 Å². The van der Waals surface area contributed by atoms with Crippen LogP contribution in [0.15, 0.2) is 84.9 Å². The second-order valence-electron chi connectivity index (χ2n) is 24.9. The van der Waals surface area contributed by atoms with E-state index in [0.717, 1.165) is 46.8 Å². The van der Waals surface area contributed by atoms with Crippen molar-refractivity contribution in [3.05, 3.63) is 118 Å². The third-order valence-corrected chi connectivity index (χ3v) is 15.9. The summed E-state index contributed by atoms with van der Waals surface area (Å²) < 4.78 is 26.0. The molecule has 1 fully saturated rings. The summed E-state index contributed by atoms with van der Waals surface area (Å²) in [6, 6.07) is 30.1. The molecule has 0 radical (unpaired) electrons. The lowest BCUT2D eigenvalue weighted by Gasteiger charge is -2.49. The number of ether oxygens (including phenoxy) is 4. The van der Waals surface area contributed by atoms with Crippen LogP contribution in [0.5, 0.6) is 23.0 Å². The zero-order valence-electron chi connectivity index (χ0n) is 43.8. The number of aryl methyl sites for hydroxylation is 2. The molecule has 0 N–H and O–H groups in total. The number of rotatable bonds is 13. The minimum absolute atomic E-state index is 0.0119. The van der Waals surface area contributed by atoms with E-state index in [-0.39, 0.29) is 44.2 Å². The van der Waals surface area contributed by atoms with Crippen molar-refractivity contribution in [2.24, 2.45) is 27.6 Å². The van der Waals surface area contributed by atoms with E-state index in [4.69, 9.17) is 18.9 Å². The van der Waals surface area contributed by atoms with Crippen LogP contribution < -0.4 is 18.9 Å². The number of carbonyl (C=O) groups excluding carboxylic acids is 1. The highest BCUT2D eigenvalue weighted by Gasteiger charge is 2.48. The van der Waals surface area contributed by atoms with Crippen molar-refractivity contribution in [3.8, 4) is 23.0 Å². The molecule has 2 unspecified atom stereocenters. The van der Waals surface area contributed by atoms with Crippen molar-refractivity contribution in [2.75, 3.05) is 0 Å². The Bertz CT molecular complexity index is 2270. The summed E-state index contributed by atoms with van der Waals surface area (Å²) in [4.78, 5) is 14.1. The second kappa shape index (κ2) is 17.2. The molecule has 0 amide bonds. The van der Waals surface area contributed by atoms with Gasteiger partial charge in [0.25, 0.3) is 0 Å². The molecule has 1 saturated carbocycles. The Labute approximate surface area is 389 Å². The lowest BCUT2D eigenvalue weighted by molar-refractivity contribution is -0.155. The average Bonchev–Trinajstić information content (AvgIpc) is 3.14. The molecule has 0 saturated heterocycles. The lowest BCUT2D eigenvalue weighted by atomic mass is 9.55. The number of carbonyl (C=O) groups is 1. The number of hydrogen-bond donors (Lipinski definition) is 0. The van der Waals surface area contributed by atoms with Gasteiger partial charge in [0.15, 0.2) is 0 Å². The first kappa shape index (κ1) is 50.7. The molecule has 64 heavy (non-hydrogen) atoms. The fourth-order valence-corrected chi connectivity index (χ4v) is 9.11. The Hall–Kier alpha value is -4.25. The van der Waals surface area contributed by atoms with E-state index >= 15 is 0 Å². The largest absolute Gasteiger partial charge is 0.487 e. The molecule has 5 heteroatoms. The van der Waals surface area contributed by atoms with Crippen LogP contribution >= 0.6 is 0 Å². The normalized spacial score (nSPS) is 18.9. The Morgan fingerprint density at radius 3 is 1.34 bits per heavy atom. The van der Waals surface area contributed by atoms with Gasteiger partial charge in [-0.2, -0.15) is 0 Å². The standard InChI is InChI=1S/C59H84O5/c1-39-36-53(10,11)38-59(37-39,42-22-28-46(29-23-42)62-56(16,17)51(4,5)6)43-24-30-47(31-25-43)63-58(20,21)55(14,15)50(60)61-48-32-26-44(34-40(48)2)54(12,13)45-27-33-49(41(3)35-45)64-57(18,19)52(7,8)9/h22-35,39H,36-38H2,1-21H3. The molecule has 4 aromatic carbocycles.